The zero-order valence-corrected chi connectivity index (χ0v) is 25.0. The molecular weight excluding hydrogens is 561 g/mol. The lowest BCUT2D eigenvalue weighted by molar-refractivity contribution is -0.242. The van der Waals surface area contributed by atoms with Gasteiger partial charge in [-0.05, 0) is 69.7 Å². The Morgan fingerprint density at radius 3 is 2.41 bits per heavy atom. The molecule has 2 amide bonds. The van der Waals surface area contributed by atoms with E-state index in [1.54, 1.807) is 32.3 Å². The number of likely N-dealkylation sites (tertiary alicyclic amines) is 1. The molecule has 228 valence electrons. The quantitative estimate of drug-likeness (QED) is 0.229. The molecule has 41 heavy (non-hydrogen) atoms. The predicted molar refractivity (Wildman–Crippen MR) is 153 cm³/mol. The van der Waals surface area contributed by atoms with E-state index in [0.29, 0.717) is 29.2 Å². The molecule has 1 N–H and O–H groups in total. The lowest BCUT2D eigenvalue weighted by atomic mass is 9.87. The fourth-order valence-corrected chi connectivity index (χ4v) is 4.96. The lowest BCUT2D eigenvalue weighted by Crippen LogP contribution is -2.60. The Morgan fingerprint density at radius 2 is 1.90 bits per heavy atom. The van der Waals surface area contributed by atoms with Gasteiger partial charge in [-0.1, -0.05) is 36.8 Å². The van der Waals surface area contributed by atoms with Crippen LogP contribution in [0.3, 0.4) is 0 Å². The second kappa shape index (κ2) is 14.8. The number of ether oxygens (including phenoxy) is 2. The molecule has 1 aromatic rings. The lowest BCUT2D eigenvalue weighted by Gasteiger charge is -2.39. The average Bonchev–Trinajstić information content (AvgIpc) is 2.91. The standard InChI is InChI=1S/C30H40ClF3N2O5/c1-7-9-23(18-21(3)40-6)29(39,30(32,33)34)28(38)36-16-14-22(15-17-36)11-8-10-20(2)41-24-12-13-25(26(31)19-24)27(37)35(4)5/h7,9,12-13,18-20,22,39H,1,8,10-11,14-17H2,2-6H3/b21-18+,23-9+/t20?,29-/m0/s1. The summed E-state index contributed by atoms with van der Waals surface area (Å²) in [6.07, 6.45) is 1.13. The molecule has 0 aromatic heterocycles. The van der Waals surface area contributed by atoms with Crippen molar-refractivity contribution in [3.05, 3.63) is 64.9 Å². The molecule has 7 nitrogen and oxygen atoms in total. The topological polar surface area (TPSA) is 79.3 Å². The third-order valence-electron chi connectivity index (χ3n) is 7.15. The van der Waals surface area contributed by atoms with Crippen LogP contribution in [-0.4, -0.2) is 78.9 Å². The summed E-state index contributed by atoms with van der Waals surface area (Å²) in [5.41, 5.74) is -3.98. The highest BCUT2D eigenvalue weighted by atomic mass is 35.5. The van der Waals surface area contributed by atoms with Crippen LogP contribution in [0, 0.1) is 5.92 Å². The number of nitrogens with zero attached hydrogens (tertiary/aromatic N) is 2. The van der Waals surface area contributed by atoms with Gasteiger partial charge in [0.15, 0.2) is 0 Å². The van der Waals surface area contributed by atoms with Crippen LogP contribution < -0.4 is 4.74 Å². The minimum absolute atomic E-state index is 0.102. The Kier molecular flexibility index (Phi) is 12.3. The molecule has 0 aliphatic carbocycles. The Bertz CT molecular complexity index is 1140. The van der Waals surface area contributed by atoms with Crippen molar-refractivity contribution in [3.63, 3.8) is 0 Å². The van der Waals surface area contributed by atoms with Crippen molar-refractivity contribution in [2.24, 2.45) is 5.92 Å². The van der Waals surface area contributed by atoms with Gasteiger partial charge in [-0.25, -0.2) is 0 Å². The Hall–Kier alpha value is -2.98. The van der Waals surface area contributed by atoms with Gasteiger partial charge in [-0.15, -0.1) is 0 Å². The number of amides is 2. The number of methoxy groups -OCH3 is 1. The molecule has 1 aliphatic rings. The van der Waals surface area contributed by atoms with Crippen LogP contribution in [0.1, 0.15) is 56.3 Å². The SMILES string of the molecule is C=C/C=C(\C=C(/C)OC)[C@](O)(C(=O)N1CCC(CCCC(C)Oc2ccc(C(=O)N(C)C)c(Cl)c2)CC1)C(F)(F)F. The van der Waals surface area contributed by atoms with Gasteiger partial charge in [-0.3, -0.25) is 9.59 Å². The summed E-state index contributed by atoms with van der Waals surface area (Å²) < 4.78 is 53.3. The number of alkyl halides is 3. The zero-order chi connectivity index (χ0) is 31.0. The van der Waals surface area contributed by atoms with Gasteiger partial charge in [0.25, 0.3) is 17.4 Å². The molecule has 11 heteroatoms. The fraction of sp³-hybridized carbons (Fsp3) is 0.533. The van der Waals surface area contributed by atoms with E-state index in [2.05, 4.69) is 6.58 Å². The first-order valence-electron chi connectivity index (χ1n) is 13.5. The Balaban J connectivity index is 1.94. The summed E-state index contributed by atoms with van der Waals surface area (Å²) in [6.45, 7) is 6.99. The monoisotopic (exact) mass is 600 g/mol. The summed E-state index contributed by atoms with van der Waals surface area (Å²) in [4.78, 5) is 27.8. The molecule has 1 aromatic carbocycles. The highest BCUT2D eigenvalue weighted by molar-refractivity contribution is 6.34. The first-order chi connectivity index (χ1) is 19.1. The molecule has 2 rings (SSSR count). The maximum atomic E-state index is 14.1. The van der Waals surface area contributed by atoms with Crippen LogP contribution in [0.2, 0.25) is 5.02 Å². The van der Waals surface area contributed by atoms with Crippen molar-refractivity contribution in [3.8, 4) is 5.75 Å². The van der Waals surface area contributed by atoms with E-state index < -0.39 is 23.3 Å². The van der Waals surface area contributed by atoms with Gasteiger partial charge in [-0.2, -0.15) is 13.2 Å². The van der Waals surface area contributed by atoms with Crippen molar-refractivity contribution in [2.45, 2.75) is 63.8 Å². The first-order valence-corrected chi connectivity index (χ1v) is 13.8. The van der Waals surface area contributed by atoms with Crippen LogP contribution in [-0.2, 0) is 9.53 Å². The molecular formula is C30H40ClF3N2O5. The minimum Gasteiger partial charge on any atom is -0.501 e. The van der Waals surface area contributed by atoms with E-state index in [-0.39, 0.29) is 36.8 Å². The zero-order valence-electron chi connectivity index (χ0n) is 24.3. The summed E-state index contributed by atoms with van der Waals surface area (Å²) in [6, 6.07) is 4.95. The smallest absolute Gasteiger partial charge is 0.430 e. The van der Waals surface area contributed by atoms with E-state index in [0.717, 1.165) is 42.4 Å². The van der Waals surface area contributed by atoms with Gasteiger partial charge >= 0.3 is 6.18 Å². The van der Waals surface area contributed by atoms with Crippen molar-refractivity contribution < 1.29 is 37.3 Å². The molecule has 0 bridgehead atoms. The van der Waals surface area contributed by atoms with Gasteiger partial charge in [0, 0.05) is 32.8 Å². The number of carbonyl (C=O) groups excluding carboxylic acids is 2. The van der Waals surface area contributed by atoms with E-state index >= 15 is 0 Å². The van der Waals surface area contributed by atoms with Crippen LogP contribution in [0.15, 0.2) is 54.3 Å². The van der Waals surface area contributed by atoms with E-state index in [4.69, 9.17) is 21.1 Å². The first kappa shape index (κ1) is 34.2. The molecule has 1 fully saturated rings. The van der Waals surface area contributed by atoms with E-state index in [9.17, 15) is 27.9 Å². The van der Waals surface area contributed by atoms with Gasteiger partial charge in [0.2, 0.25) is 0 Å². The largest absolute Gasteiger partial charge is 0.501 e. The van der Waals surface area contributed by atoms with E-state index in [1.165, 1.54) is 18.9 Å². The summed E-state index contributed by atoms with van der Waals surface area (Å²) in [5.74, 6) is -0.713. The van der Waals surface area contributed by atoms with Crippen molar-refractivity contribution >= 4 is 23.4 Å². The predicted octanol–water partition coefficient (Wildman–Crippen LogP) is 6.17. The molecule has 2 atom stereocenters. The number of carbonyl (C=O) groups is 2. The number of benzene rings is 1. The average molecular weight is 601 g/mol. The number of hydrogen-bond acceptors (Lipinski definition) is 5. The molecule has 0 radical (unpaired) electrons. The summed E-state index contributed by atoms with van der Waals surface area (Å²) >= 11 is 6.26. The van der Waals surface area contributed by atoms with Crippen molar-refractivity contribution in [1.82, 2.24) is 9.80 Å². The number of rotatable bonds is 12. The number of allylic oxidation sites excluding steroid dienone is 3. The van der Waals surface area contributed by atoms with Crippen LogP contribution in [0.25, 0.3) is 0 Å². The maximum absolute atomic E-state index is 14.1. The van der Waals surface area contributed by atoms with Crippen molar-refractivity contribution in [2.75, 3.05) is 34.3 Å². The molecule has 1 heterocycles. The maximum Gasteiger partial charge on any atom is 0.430 e. The van der Waals surface area contributed by atoms with Gasteiger partial charge in [0.1, 0.15) is 5.75 Å². The molecule has 0 spiro atoms. The Labute approximate surface area is 245 Å². The number of piperidine rings is 1. The third-order valence-corrected chi connectivity index (χ3v) is 7.47. The van der Waals surface area contributed by atoms with Crippen LogP contribution in [0.5, 0.6) is 5.75 Å². The normalized spacial score (nSPS) is 17.5. The van der Waals surface area contributed by atoms with E-state index in [1.807, 2.05) is 6.92 Å². The highest BCUT2D eigenvalue weighted by Gasteiger charge is 2.62. The molecule has 1 saturated heterocycles. The molecule has 1 unspecified atom stereocenters. The second-order valence-corrected chi connectivity index (χ2v) is 10.9. The highest BCUT2D eigenvalue weighted by Crippen LogP contribution is 2.40. The number of aliphatic hydroxyl groups is 1. The number of halogens is 4. The molecule has 1 aliphatic heterocycles. The Morgan fingerprint density at radius 1 is 1.27 bits per heavy atom. The fourth-order valence-electron chi connectivity index (χ4n) is 4.71. The van der Waals surface area contributed by atoms with Crippen LogP contribution >= 0.6 is 11.6 Å². The van der Waals surface area contributed by atoms with Gasteiger partial charge < -0.3 is 24.4 Å². The minimum atomic E-state index is -5.25. The second-order valence-electron chi connectivity index (χ2n) is 10.5. The van der Waals surface area contributed by atoms with Gasteiger partial charge in [0.05, 0.1) is 29.6 Å². The third kappa shape index (κ3) is 8.75. The number of hydrogen-bond donors (Lipinski definition) is 1. The van der Waals surface area contributed by atoms with Crippen molar-refractivity contribution in [1.29, 1.82) is 0 Å². The molecule has 0 saturated carbocycles. The summed E-state index contributed by atoms with van der Waals surface area (Å²) in [7, 11) is 4.58. The summed E-state index contributed by atoms with van der Waals surface area (Å²) in [5, 5.41) is 11.1. The van der Waals surface area contributed by atoms with Crippen LogP contribution in [0.4, 0.5) is 13.2 Å².